The highest BCUT2D eigenvalue weighted by atomic mass is 16.7. The molecule has 0 aliphatic heterocycles. The van der Waals surface area contributed by atoms with Gasteiger partial charge in [0.1, 0.15) is 0 Å². The molecule has 4 heteroatoms. The normalized spacial score (nSPS) is 19.5. The summed E-state index contributed by atoms with van der Waals surface area (Å²) in [4.78, 5) is 21.1. The molecule has 13 heavy (non-hydrogen) atoms. The van der Waals surface area contributed by atoms with Crippen LogP contribution in [0.3, 0.4) is 0 Å². The van der Waals surface area contributed by atoms with Gasteiger partial charge in [0, 0.05) is 6.92 Å². The molecule has 1 radical (unpaired) electrons. The minimum absolute atomic E-state index is 0.00213. The summed E-state index contributed by atoms with van der Waals surface area (Å²) in [6.45, 7) is 2.73. The van der Waals surface area contributed by atoms with Gasteiger partial charge in [0.25, 0.3) is 0 Å². The minimum atomic E-state index is -0.814. The van der Waals surface area contributed by atoms with E-state index < -0.39 is 6.29 Å². The van der Waals surface area contributed by atoms with Crippen LogP contribution in [0.1, 0.15) is 32.6 Å². The first-order valence-corrected chi connectivity index (χ1v) is 4.47. The Balaban J connectivity index is 2.26. The van der Waals surface area contributed by atoms with Gasteiger partial charge in [-0.3, -0.25) is 4.79 Å². The predicted molar refractivity (Wildman–Crippen MR) is 44.3 cm³/mol. The van der Waals surface area contributed by atoms with E-state index in [1.54, 1.807) is 0 Å². The Morgan fingerprint density at radius 1 is 1.46 bits per heavy atom. The van der Waals surface area contributed by atoms with Gasteiger partial charge < -0.3 is 9.47 Å². The molecule has 1 fully saturated rings. The van der Waals surface area contributed by atoms with Crippen molar-refractivity contribution in [3.8, 4) is 0 Å². The lowest BCUT2D eigenvalue weighted by atomic mass is 10.1. The number of hydrogen-bond donors (Lipinski definition) is 0. The Morgan fingerprint density at radius 3 is 2.62 bits per heavy atom. The van der Waals surface area contributed by atoms with Crippen LogP contribution < -0.4 is 0 Å². The molecule has 0 bridgehead atoms. The molecule has 0 spiro atoms. The molecule has 0 aromatic rings. The van der Waals surface area contributed by atoms with Gasteiger partial charge in [0.05, 0.1) is 5.92 Å². The van der Waals surface area contributed by atoms with Crippen molar-refractivity contribution in [1.29, 1.82) is 0 Å². The van der Waals surface area contributed by atoms with E-state index in [1.807, 2.05) is 0 Å². The van der Waals surface area contributed by atoms with E-state index in [0.29, 0.717) is 0 Å². The second kappa shape index (κ2) is 4.84. The lowest BCUT2D eigenvalue weighted by molar-refractivity contribution is -0.167. The lowest BCUT2D eigenvalue weighted by Crippen LogP contribution is -2.22. The van der Waals surface area contributed by atoms with Crippen molar-refractivity contribution >= 4 is 12.4 Å². The van der Waals surface area contributed by atoms with E-state index in [4.69, 9.17) is 4.74 Å². The fourth-order valence-electron chi connectivity index (χ4n) is 1.51. The maximum Gasteiger partial charge on any atom is 0.420 e. The van der Waals surface area contributed by atoms with Crippen LogP contribution in [0.5, 0.6) is 0 Å². The van der Waals surface area contributed by atoms with Gasteiger partial charge in [-0.25, -0.2) is 4.79 Å². The fraction of sp³-hybridized carbons (Fsp3) is 0.778. The molecule has 0 aromatic heterocycles. The molecule has 0 N–H and O–H groups in total. The first-order valence-electron chi connectivity index (χ1n) is 4.47. The van der Waals surface area contributed by atoms with Crippen molar-refractivity contribution in [2.45, 2.75) is 38.9 Å². The summed E-state index contributed by atoms with van der Waals surface area (Å²) >= 11 is 0. The maximum absolute atomic E-state index is 11.3. The molecule has 4 nitrogen and oxygen atoms in total. The van der Waals surface area contributed by atoms with Crippen molar-refractivity contribution in [3.05, 3.63) is 0 Å². The van der Waals surface area contributed by atoms with Crippen LogP contribution >= 0.6 is 0 Å². The molecular formula is C9H13O4. The minimum Gasteiger partial charge on any atom is -0.425 e. The third kappa shape index (κ3) is 3.05. The van der Waals surface area contributed by atoms with E-state index in [-0.39, 0.29) is 11.9 Å². The molecule has 1 aliphatic rings. The second-order valence-electron chi connectivity index (χ2n) is 3.19. The Morgan fingerprint density at radius 2 is 2.08 bits per heavy atom. The maximum atomic E-state index is 11.3. The molecule has 1 saturated carbocycles. The average Bonchev–Trinajstić information content (AvgIpc) is 2.55. The van der Waals surface area contributed by atoms with Gasteiger partial charge in [-0.2, -0.15) is 0 Å². The molecule has 1 unspecified atom stereocenters. The third-order valence-electron chi connectivity index (χ3n) is 2.18. The van der Waals surface area contributed by atoms with Crippen molar-refractivity contribution in [1.82, 2.24) is 0 Å². The van der Waals surface area contributed by atoms with E-state index in [1.165, 1.54) is 13.4 Å². The molecule has 0 amide bonds. The zero-order chi connectivity index (χ0) is 9.68. The van der Waals surface area contributed by atoms with Crippen molar-refractivity contribution in [3.63, 3.8) is 0 Å². The smallest absolute Gasteiger partial charge is 0.420 e. The second-order valence-corrected chi connectivity index (χ2v) is 3.19. The van der Waals surface area contributed by atoms with Gasteiger partial charge in [0.15, 0.2) is 0 Å². The molecule has 0 saturated heterocycles. The Labute approximate surface area is 77.2 Å². The van der Waals surface area contributed by atoms with Gasteiger partial charge in [-0.05, 0) is 12.8 Å². The van der Waals surface area contributed by atoms with Crippen molar-refractivity contribution in [2.24, 2.45) is 5.92 Å². The first-order chi connectivity index (χ1) is 6.24. The number of ether oxygens (including phenoxy) is 2. The van der Waals surface area contributed by atoms with Gasteiger partial charge in [0.2, 0.25) is 6.29 Å². The zero-order valence-corrected chi connectivity index (χ0v) is 7.62. The van der Waals surface area contributed by atoms with Crippen LogP contribution in [0.15, 0.2) is 0 Å². The molecule has 1 aliphatic carbocycles. The van der Waals surface area contributed by atoms with Gasteiger partial charge in [-0.1, -0.05) is 12.8 Å². The number of carbonyl (C=O) groups excluding carboxylic acids is 2. The average molecular weight is 185 g/mol. The van der Waals surface area contributed by atoms with Crippen LogP contribution in [-0.4, -0.2) is 18.7 Å². The van der Waals surface area contributed by atoms with Crippen LogP contribution in [-0.2, 0) is 19.1 Å². The molecular weight excluding hydrogens is 172 g/mol. The van der Waals surface area contributed by atoms with E-state index in [9.17, 15) is 9.59 Å². The number of hydrogen-bond acceptors (Lipinski definition) is 4. The first kappa shape index (κ1) is 10.0. The van der Waals surface area contributed by atoms with E-state index >= 15 is 0 Å². The van der Waals surface area contributed by atoms with Crippen LogP contribution in [0, 0.1) is 5.92 Å². The summed E-state index contributed by atoms with van der Waals surface area (Å²) < 4.78 is 9.17. The van der Waals surface area contributed by atoms with Crippen molar-refractivity contribution in [2.75, 3.05) is 0 Å². The standard InChI is InChI=1S/C9H13O4/c1-7(12-6-10)13-9(11)8-4-2-3-5-8/h7-8H,2-5H2,1H3. The highest BCUT2D eigenvalue weighted by Crippen LogP contribution is 2.26. The molecule has 0 heterocycles. The van der Waals surface area contributed by atoms with Gasteiger partial charge >= 0.3 is 12.4 Å². The lowest BCUT2D eigenvalue weighted by Gasteiger charge is -2.13. The zero-order valence-electron chi connectivity index (χ0n) is 7.62. The summed E-state index contributed by atoms with van der Waals surface area (Å²) in [6, 6.07) is 0. The number of rotatable bonds is 4. The quantitative estimate of drug-likeness (QED) is 0.487. The monoisotopic (exact) mass is 185 g/mol. The van der Waals surface area contributed by atoms with Crippen LogP contribution in [0.2, 0.25) is 0 Å². The predicted octanol–water partition coefficient (Wildman–Crippen LogP) is 1.15. The Kier molecular flexibility index (Phi) is 3.73. The Bertz CT molecular complexity index is 184. The summed E-state index contributed by atoms with van der Waals surface area (Å²) in [7, 11) is 0. The molecule has 1 rings (SSSR count). The Hall–Kier alpha value is -1.06. The fourth-order valence-corrected chi connectivity index (χ4v) is 1.51. The van der Waals surface area contributed by atoms with Gasteiger partial charge in [-0.15, -0.1) is 0 Å². The highest BCUT2D eigenvalue weighted by molar-refractivity contribution is 5.72. The van der Waals surface area contributed by atoms with E-state index in [2.05, 4.69) is 4.74 Å². The highest BCUT2D eigenvalue weighted by Gasteiger charge is 2.25. The molecule has 0 aromatic carbocycles. The number of esters is 1. The number of carbonyl (C=O) groups is 1. The summed E-state index contributed by atoms with van der Waals surface area (Å²) in [5, 5.41) is 0. The summed E-state index contributed by atoms with van der Waals surface area (Å²) in [5.41, 5.74) is 0. The molecule has 1 atom stereocenters. The van der Waals surface area contributed by atoms with Crippen molar-refractivity contribution < 1.29 is 19.1 Å². The SMILES string of the molecule is CC(O[C]=O)OC(=O)C1CCCC1. The van der Waals surface area contributed by atoms with Crippen LogP contribution in [0.25, 0.3) is 0 Å². The van der Waals surface area contributed by atoms with E-state index in [0.717, 1.165) is 25.7 Å². The van der Waals surface area contributed by atoms with Crippen LogP contribution in [0.4, 0.5) is 0 Å². The third-order valence-corrected chi connectivity index (χ3v) is 2.18. The topological polar surface area (TPSA) is 52.6 Å². The largest absolute Gasteiger partial charge is 0.425 e. The molecule has 73 valence electrons. The summed E-state index contributed by atoms with van der Waals surface area (Å²) in [5.74, 6) is -0.266. The summed E-state index contributed by atoms with van der Waals surface area (Å²) in [6.07, 6.45) is 3.11.